The molecule has 0 saturated carbocycles. The van der Waals surface area contributed by atoms with Crippen LogP contribution in [0.4, 0.5) is 5.82 Å². The number of rotatable bonds is 3. The van der Waals surface area contributed by atoms with Gasteiger partial charge in [-0.25, -0.2) is 0 Å². The predicted octanol–water partition coefficient (Wildman–Crippen LogP) is 2.03. The van der Waals surface area contributed by atoms with Gasteiger partial charge in [-0.3, -0.25) is 4.79 Å². The molecule has 1 amide bonds. The minimum absolute atomic E-state index is 0.00780. The topological polar surface area (TPSA) is 75.4 Å². The summed E-state index contributed by atoms with van der Waals surface area (Å²) in [5.74, 6) is 1.33. The quantitative estimate of drug-likeness (QED) is 0.858. The molecule has 2 aromatic heterocycles. The molecule has 3 rings (SSSR count). The monoisotopic (exact) mass is 329 g/mol. The average Bonchev–Trinajstić information content (AvgIpc) is 2.90. The lowest BCUT2D eigenvalue weighted by Gasteiger charge is -2.44. The molecule has 7 nitrogen and oxygen atoms in total. The van der Waals surface area contributed by atoms with Gasteiger partial charge >= 0.3 is 0 Å². The number of nitrogens with zero attached hydrogens (tertiary/aromatic N) is 5. The number of likely N-dealkylation sites (N-methyl/N-ethyl adjacent to an activating group) is 1. The Morgan fingerprint density at radius 3 is 2.50 bits per heavy atom. The van der Waals surface area contributed by atoms with Crippen molar-refractivity contribution < 1.29 is 9.32 Å². The Morgan fingerprint density at radius 1 is 1.29 bits per heavy atom. The lowest BCUT2D eigenvalue weighted by molar-refractivity contribution is 0.0703. The molecule has 7 heteroatoms. The van der Waals surface area contributed by atoms with Crippen LogP contribution >= 0.6 is 0 Å². The fourth-order valence-corrected chi connectivity index (χ4v) is 2.64. The van der Waals surface area contributed by atoms with Gasteiger partial charge in [-0.15, -0.1) is 5.10 Å². The van der Waals surface area contributed by atoms with Crippen molar-refractivity contribution in [2.45, 2.75) is 39.2 Å². The summed E-state index contributed by atoms with van der Waals surface area (Å²) in [4.78, 5) is 16.3. The van der Waals surface area contributed by atoms with E-state index in [2.05, 4.69) is 41.0 Å². The Morgan fingerprint density at radius 2 is 2.00 bits per heavy atom. The molecule has 1 fully saturated rings. The summed E-state index contributed by atoms with van der Waals surface area (Å²) in [6.45, 7) is 9.58. The van der Waals surface area contributed by atoms with Crippen LogP contribution in [0.25, 0.3) is 0 Å². The van der Waals surface area contributed by atoms with Crippen LogP contribution in [0.1, 0.15) is 42.6 Å². The van der Waals surface area contributed by atoms with Gasteiger partial charge in [0.25, 0.3) is 5.91 Å². The van der Waals surface area contributed by atoms with Crippen LogP contribution < -0.4 is 4.90 Å². The summed E-state index contributed by atoms with van der Waals surface area (Å²) in [6, 6.07) is 4.16. The van der Waals surface area contributed by atoms with Crippen molar-refractivity contribution in [3.8, 4) is 0 Å². The van der Waals surface area contributed by atoms with Crippen LogP contribution in [0.15, 0.2) is 22.9 Å². The van der Waals surface area contributed by atoms with E-state index >= 15 is 0 Å². The van der Waals surface area contributed by atoms with Crippen LogP contribution in [-0.4, -0.2) is 52.3 Å². The van der Waals surface area contributed by atoms with Gasteiger partial charge in [-0.2, -0.15) is 5.10 Å². The number of anilines is 1. The Bertz CT molecular complexity index is 726. The highest BCUT2D eigenvalue weighted by Crippen LogP contribution is 2.25. The summed E-state index contributed by atoms with van der Waals surface area (Å²) >= 11 is 0. The van der Waals surface area contributed by atoms with Gasteiger partial charge in [0.1, 0.15) is 11.3 Å². The number of carbonyl (C=O) groups excluding carboxylic acids is 1. The zero-order valence-corrected chi connectivity index (χ0v) is 14.8. The molecule has 0 bridgehead atoms. The van der Waals surface area contributed by atoms with Crippen molar-refractivity contribution in [2.24, 2.45) is 0 Å². The molecular formula is C17H23N5O2. The molecule has 1 aliphatic heterocycles. The molecule has 24 heavy (non-hydrogen) atoms. The number of hydrogen-bond acceptors (Lipinski definition) is 6. The highest BCUT2D eigenvalue weighted by Gasteiger charge is 2.34. The Labute approximate surface area is 141 Å². The number of hydrogen-bond donors (Lipinski definition) is 0. The summed E-state index contributed by atoms with van der Waals surface area (Å²) < 4.78 is 4.97. The van der Waals surface area contributed by atoms with Crippen LogP contribution in [0.5, 0.6) is 0 Å². The van der Waals surface area contributed by atoms with Crippen LogP contribution in [-0.2, 0) is 5.41 Å². The number of aromatic nitrogens is 3. The van der Waals surface area contributed by atoms with Crippen molar-refractivity contribution in [1.29, 1.82) is 0 Å². The van der Waals surface area contributed by atoms with Crippen molar-refractivity contribution >= 4 is 11.7 Å². The average molecular weight is 329 g/mol. The number of aryl methyl sites for hydroxylation is 1. The first kappa shape index (κ1) is 16.4. The maximum atomic E-state index is 12.4. The van der Waals surface area contributed by atoms with E-state index in [1.807, 2.05) is 19.2 Å². The van der Waals surface area contributed by atoms with Gasteiger partial charge in [0.2, 0.25) is 0 Å². The van der Waals surface area contributed by atoms with E-state index in [4.69, 9.17) is 4.52 Å². The first-order chi connectivity index (χ1) is 11.3. The van der Waals surface area contributed by atoms with E-state index in [1.54, 1.807) is 11.8 Å². The standard InChI is InChI=1S/C17H23N5O2/c1-11-13(8-18-24-11)16(23)21(5)12-9-22(10-12)15-7-6-14(19-20-15)17(2,3)4/h6-8,12H,9-10H2,1-5H3. The Balaban J connectivity index is 1.61. The van der Waals surface area contributed by atoms with E-state index in [-0.39, 0.29) is 17.4 Å². The number of amides is 1. The third kappa shape index (κ3) is 2.98. The fraction of sp³-hybridized carbons (Fsp3) is 0.529. The highest BCUT2D eigenvalue weighted by molar-refractivity contribution is 5.95. The Hall–Kier alpha value is -2.44. The zero-order chi connectivity index (χ0) is 17.5. The third-order valence-electron chi connectivity index (χ3n) is 4.45. The maximum Gasteiger partial charge on any atom is 0.259 e. The van der Waals surface area contributed by atoms with E-state index in [0.29, 0.717) is 11.3 Å². The smallest absolute Gasteiger partial charge is 0.259 e. The van der Waals surface area contributed by atoms with Crippen molar-refractivity contribution in [1.82, 2.24) is 20.3 Å². The maximum absolute atomic E-state index is 12.4. The predicted molar refractivity (Wildman–Crippen MR) is 90.1 cm³/mol. The molecule has 1 saturated heterocycles. The third-order valence-corrected chi connectivity index (χ3v) is 4.45. The van der Waals surface area contributed by atoms with E-state index in [9.17, 15) is 4.79 Å². The fourth-order valence-electron chi connectivity index (χ4n) is 2.64. The molecule has 2 aromatic rings. The lowest BCUT2D eigenvalue weighted by atomic mass is 9.92. The first-order valence-electron chi connectivity index (χ1n) is 8.05. The molecule has 1 aliphatic rings. The van der Waals surface area contributed by atoms with Crippen molar-refractivity contribution in [3.63, 3.8) is 0 Å². The van der Waals surface area contributed by atoms with Crippen molar-refractivity contribution in [3.05, 3.63) is 35.3 Å². The molecule has 0 spiro atoms. The summed E-state index contributed by atoms with van der Waals surface area (Å²) in [5, 5.41) is 12.3. The van der Waals surface area contributed by atoms with E-state index in [0.717, 1.165) is 24.6 Å². The largest absolute Gasteiger partial charge is 0.361 e. The molecule has 0 aliphatic carbocycles. The second-order valence-corrected chi connectivity index (χ2v) is 7.30. The van der Waals surface area contributed by atoms with E-state index in [1.165, 1.54) is 6.20 Å². The summed E-state index contributed by atoms with van der Waals surface area (Å²) in [7, 11) is 1.81. The van der Waals surface area contributed by atoms with Crippen LogP contribution in [0.2, 0.25) is 0 Å². The Kier molecular flexibility index (Phi) is 4.03. The van der Waals surface area contributed by atoms with Gasteiger partial charge in [0.05, 0.1) is 17.9 Å². The second-order valence-electron chi connectivity index (χ2n) is 7.30. The molecule has 0 N–H and O–H groups in total. The molecule has 0 atom stereocenters. The second kappa shape index (κ2) is 5.89. The molecule has 0 unspecified atom stereocenters. The normalized spacial score (nSPS) is 15.3. The molecule has 3 heterocycles. The van der Waals surface area contributed by atoms with Gasteiger partial charge in [0, 0.05) is 25.6 Å². The summed E-state index contributed by atoms with van der Waals surface area (Å²) in [5.41, 5.74) is 1.48. The zero-order valence-electron chi connectivity index (χ0n) is 14.8. The SMILES string of the molecule is Cc1oncc1C(=O)N(C)C1CN(c2ccc(C(C)(C)C)nn2)C1. The molecule has 128 valence electrons. The molecule has 0 radical (unpaired) electrons. The minimum Gasteiger partial charge on any atom is -0.361 e. The van der Waals surface area contributed by atoms with Gasteiger partial charge in [0.15, 0.2) is 5.82 Å². The number of carbonyl (C=O) groups is 1. The molecular weight excluding hydrogens is 306 g/mol. The van der Waals surface area contributed by atoms with Crippen LogP contribution in [0, 0.1) is 6.92 Å². The first-order valence-corrected chi connectivity index (χ1v) is 8.05. The molecule has 0 aromatic carbocycles. The lowest BCUT2D eigenvalue weighted by Crippen LogP contribution is -2.60. The van der Waals surface area contributed by atoms with Gasteiger partial charge in [-0.1, -0.05) is 25.9 Å². The van der Waals surface area contributed by atoms with Crippen molar-refractivity contribution in [2.75, 3.05) is 25.0 Å². The van der Waals surface area contributed by atoms with Crippen LogP contribution in [0.3, 0.4) is 0 Å². The summed E-state index contributed by atoms with van der Waals surface area (Å²) in [6.07, 6.45) is 1.47. The minimum atomic E-state index is -0.0624. The van der Waals surface area contributed by atoms with Gasteiger partial charge in [-0.05, 0) is 19.1 Å². The van der Waals surface area contributed by atoms with E-state index < -0.39 is 0 Å². The highest BCUT2D eigenvalue weighted by atomic mass is 16.5. The van der Waals surface area contributed by atoms with Gasteiger partial charge < -0.3 is 14.3 Å².